The molecule has 0 amide bonds. The van der Waals surface area contributed by atoms with Crippen molar-refractivity contribution in [1.82, 2.24) is 5.06 Å². The van der Waals surface area contributed by atoms with Crippen LogP contribution < -0.4 is 5.06 Å². The number of hydrogen-bond acceptors (Lipinski definition) is 4. The quantitative estimate of drug-likeness (QED) is 0.691. The normalized spacial score (nSPS) is 13.0. The van der Waals surface area contributed by atoms with Gasteiger partial charge in [0.2, 0.25) is 0 Å². The smallest absolute Gasteiger partial charge is 0.0257 e. The second-order valence-electron chi connectivity index (χ2n) is 3.31. The van der Waals surface area contributed by atoms with Gasteiger partial charge in [0.25, 0.3) is 0 Å². The minimum absolute atomic E-state index is 0.180. The van der Waals surface area contributed by atoms with Gasteiger partial charge in [0.05, 0.1) is 0 Å². The molecule has 1 atom stereocenters. The molecule has 0 heterocycles. The van der Waals surface area contributed by atoms with Gasteiger partial charge in [-0.3, -0.25) is 0 Å². The summed E-state index contributed by atoms with van der Waals surface area (Å²) >= 11 is 0. The molecule has 0 spiro atoms. The third-order valence-electron chi connectivity index (χ3n) is 2.28. The maximum Gasteiger partial charge on any atom is 0.0257 e. The van der Waals surface area contributed by atoms with Crippen LogP contribution in [0.4, 0.5) is 5.69 Å². The molecule has 0 radical (unpaired) electrons. The highest BCUT2D eigenvalue weighted by Crippen LogP contribution is 2.20. The second-order valence-corrected chi connectivity index (χ2v) is 3.31. The van der Waals surface area contributed by atoms with Crippen LogP contribution >= 0.6 is 0 Å². The van der Waals surface area contributed by atoms with E-state index in [2.05, 4.69) is 0 Å². The van der Waals surface area contributed by atoms with Crippen molar-refractivity contribution in [3.05, 3.63) is 40.2 Å². The number of hydrogen-bond donors (Lipinski definition) is 0. The van der Waals surface area contributed by atoms with Crippen LogP contribution in [-0.2, 0) is 0 Å². The molecule has 0 fully saturated rings. The molecule has 1 unspecified atom stereocenters. The highest BCUT2D eigenvalue weighted by Gasteiger charge is 2.03. The second kappa shape index (κ2) is 4.41. The minimum atomic E-state index is -0.180. The molecular weight excluding hydrogens is 180 g/mol. The van der Waals surface area contributed by atoms with Crippen molar-refractivity contribution in [2.45, 2.75) is 13.0 Å². The third kappa shape index (κ3) is 2.45. The fourth-order valence-electron chi connectivity index (χ4n) is 1.17. The monoisotopic (exact) mass is 194 g/mol. The van der Waals surface area contributed by atoms with E-state index in [1.807, 2.05) is 6.92 Å². The predicted molar refractivity (Wildman–Crippen MR) is 57.8 cm³/mol. The zero-order valence-electron chi connectivity index (χ0n) is 8.60. The van der Waals surface area contributed by atoms with Gasteiger partial charge in [-0.2, -0.15) is 0 Å². The van der Waals surface area contributed by atoms with E-state index in [1.165, 1.54) is 14.1 Å². The van der Waals surface area contributed by atoms with Gasteiger partial charge < -0.3 is 20.5 Å². The SMILES string of the molecule is CC(c1ccc(N(C)[O-])cc1)N(C)[O-]. The Morgan fingerprint density at radius 1 is 1.07 bits per heavy atom. The molecule has 0 saturated carbocycles. The Hall–Kier alpha value is -1.10. The van der Waals surface area contributed by atoms with Crippen molar-refractivity contribution in [3.8, 4) is 0 Å². The summed E-state index contributed by atoms with van der Waals surface area (Å²) in [5.74, 6) is 0. The summed E-state index contributed by atoms with van der Waals surface area (Å²) in [6.45, 7) is 1.82. The first kappa shape index (κ1) is 11.0. The highest BCUT2D eigenvalue weighted by atomic mass is 16.5. The Balaban J connectivity index is 2.83. The van der Waals surface area contributed by atoms with Crippen molar-refractivity contribution in [2.24, 2.45) is 0 Å². The zero-order chi connectivity index (χ0) is 10.7. The largest absolute Gasteiger partial charge is 0.785 e. The predicted octanol–water partition coefficient (Wildman–Crippen LogP) is 2.11. The maximum atomic E-state index is 11.0. The van der Waals surface area contributed by atoms with Gasteiger partial charge >= 0.3 is 0 Å². The lowest BCUT2D eigenvalue weighted by Gasteiger charge is -2.31. The molecule has 1 aromatic carbocycles. The van der Waals surface area contributed by atoms with Gasteiger partial charge in [-0.1, -0.05) is 12.1 Å². The fraction of sp³-hybridized carbons (Fsp3) is 0.400. The first-order valence-corrected chi connectivity index (χ1v) is 4.43. The Bertz CT molecular complexity index is 283. The lowest BCUT2D eigenvalue weighted by Crippen LogP contribution is -2.14. The zero-order valence-corrected chi connectivity index (χ0v) is 8.60. The maximum absolute atomic E-state index is 11.0. The molecule has 0 aliphatic rings. The number of hydroxylamine groups is 3. The van der Waals surface area contributed by atoms with Gasteiger partial charge in [-0.15, -0.1) is 0 Å². The Morgan fingerprint density at radius 2 is 1.57 bits per heavy atom. The van der Waals surface area contributed by atoms with E-state index in [-0.39, 0.29) is 6.04 Å². The van der Waals surface area contributed by atoms with Crippen LogP contribution in [0.15, 0.2) is 24.3 Å². The Morgan fingerprint density at radius 3 is 1.93 bits per heavy atom. The van der Waals surface area contributed by atoms with E-state index >= 15 is 0 Å². The van der Waals surface area contributed by atoms with Crippen LogP contribution in [0.3, 0.4) is 0 Å². The molecule has 78 valence electrons. The summed E-state index contributed by atoms with van der Waals surface area (Å²) in [4.78, 5) is 0. The van der Waals surface area contributed by atoms with Crippen LogP contribution in [0, 0.1) is 10.4 Å². The molecule has 0 aromatic heterocycles. The van der Waals surface area contributed by atoms with Crippen LogP contribution in [0.1, 0.15) is 18.5 Å². The Kier molecular flexibility index (Phi) is 3.46. The van der Waals surface area contributed by atoms with Crippen LogP contribution in [-0.4, -0.2) is 19.2 Å². The molecule has 14 heavy (non-hydrogen) atoms. The van der Waals surface area contributed by atoms with Crippen molar-refractivity contribution in [3.63, 3.8) is 0 Å². The number of rotatable bonds is 3. The summed E-state index contributed by atoms with van der Waals surface area (Å²) in [5, 5.41) is 23.6. The molecule has 0 saturated heterocycles. The summed E-state index contributed by atoms with van der Waals surface area (Å²) in [7, 11) is 2.93. The number of nitrogens with zero attached hydrogens (tertiary/aromatic N) is 2. The average molecular weight is 194 g/mol. The summed E-state index contributed by atoms with van der Waals surface area (Å²) in [6.07, 6.45) is 0. The van der Waals surface area contributed by atoms with Gasteiger partial charge in [-0.25, -0.2) is 0 Å². The standard InChI is InChI=1S/C10H14N2O2/c1-8(11(2)13)9-4-6-10(7-5-9)12(3)14/h4-8H,1-3H3/q-2. The molecule has 4 nitrogen and oxygen atoms in total. The molecular formula is C10H14N2O2-2. The van der Waals surface area contributed by atoms with E-state index in [1.54, 1.807) is 24.3 Å². The number of benzene rings is 1. The van der Waals surface area contributed by atoms with Crippen LogP contribution in [0.2, 0.25) is 0 Å². The van der Waals surface area contributed by atoms with Crippen molar-refractivity contribution < 1.29 is 0 Å². The van der Waals surface area contributed by atoms with Crippen LogP contribution in [0.5, 0.6) is 0 Å². The Labute approximate surface area is 83.9 Å². The molecule has 4 heteroatoms. The molecule has 0 bridgehead atoms. The summed E-state index contributed by atoms with van der Waals surface area (Å²) in [6, 6.07) is 6.83. The summed E-state index contributed by atoms with van der Waals surface area (Å²) in [5.41, 5.74) is 1.50. The first-order valence-electron chi connectivity index (χ1n) is 4.43. The molecule has 1 aromatic rings. The van der Waals surface area contributed by atoms with Crippen LogP contribution in [0.25, 0.3) is 0 Å². The molecule has 0 aliphatic heterocycles. The topological polar surface area (TPSA) is 52.6 Å². The fourth-order valence-corrected chi connectivity index (χ4v) is 1.17. The van der Waals surface area contributed by atoms with E-state index in [4.69, 9.17) is 0 Å². The van der Waals surface area contributed by atoms with Crippen molar-refractivity contribution in [1.29, 1.82) is 0 Å². The third-order valence-corrected chi connectivity index (χ3v) is 2.28. The lowest BCUT2D eigenvalue weighted by atomic mass is 10.1. The molecule has 1 rings (SSSR count). The number of anilines is 1. The van der Waals surface area contributed by atoms with Gasteiger partial charge in [0, 0.05) is 11.7 Å². The van der Waals surface area contributed by atoms with Gasteiger partial charge in [-0.05, 0) is 38.7 Å². The van der Waals surface area contributed by atoms with Crippen molar-refractivity contribution in [2.75, 3.05) is 19.2 Å². The van der Waals surface area contributed by atoms with Gasteiger partial charge in [0.1, 0.15) is 0 Å². The first-order chi connectivity index (χ1) is 6.52. The van der Waals surface area contributed by atoms with E-state index in [0.29, 0.717) is 5.69 Å². The lowest BCUT2D eigenvalue weighted by molar-refractivity contribution is 0.363. The van der Waals surface area contributed by atoms with Crippen molar-refractivity contribution >= 4 is 5.69 Å². The van der Waals surface area contributed by atoms with E-state index in [0.717, 1.165) is 15.7 Å². The van der Waals surface area contributed by atoms with E-state index < -0.39 is 0 Å². The molecule has 0 N–H and O–H groups in total. The summed E-state index contributed by atoms with van der Waals surface area (Å²) < 4.78 is 0. The van der Waals surface area contributed by atoms with Gasteiger partial charge in [0.15, 0.2) is 0 Å². The molecule has 0 aliphatic carbocycles. The minimum Gasteiger partial charge on any atom is -0.785 e. The highest BCUT2D eigenvalue weighted by molar-refractivity contribution is 5.47. The van der Waals surface area contributed by atoms with E-state index in [9.17, 15) is 10.4 Å². The average Bonchev–Trinajstić information content (AvgIpc) is 2.16.